The van der Waals surface area contributed by atoms with E-state index in [-0.39, 0.29) is 5.91 Å². The number of hydrogen-bond acceptors (Lipinski definition) is 4. The van der Waals surface area contributed by atoms with Crippen LogP contribution in [0.1, 0.15) is 23.0 Å². The number of rotatable bonds is 2. The van der Waals surface area contributed by atoms with Crippen LogP contribution >= 0.6 is 11.8 Å². The third-order valence-electron chi connectivity index (χ3n) is 4.53. The second kappa shape index (κ2) is 6.96. The Morgan fingerprint density at radius 2 is 2.00 bits per heavy atom. The number of carbonyl (C=O) groups is 1. The number of hydrogen-bond donors (Lipinski definition) is 0. The summed E-state index contributed by atoms with van der Waals surface area (Å²) in [7, 11) is 0. The molecular weight excluding hydrogens is 344 g/mol. The number of amides is 1. The standard InChI is InChI=1S/C20H20N4OS/c1-14-12-23(17-7-3-4-8-18(17)26-13-14)20(25)16-11-22-24(15(16)2)19-9-5-6-10-21-19/h3-11,14H,12-13H2,1-2H3/t14-/m1/s1. The Bertz CT molecular complexity index is 938. The fourth-order valence-corrected chi connectivity index (χ4v) is 4.23. The Kier molecular flexibility index (Phi) is 4.51. The lowest BCUT2D eigenvalue weighted by Crippen LogP contribution is -2.35. The molecule has 0 unspecified atom stereocenters. The zero-order valence-electron chi connectivity index (χ0n) is 14.8. The molecule has 4 rings (SSSR count). The van der Waals surface area contributed by atoms with Crippen LogP contribution in [0.5, 0.6) is 0 Å². The van der Waals surface area contributed by atoms with Gasteiger partial charge in [0.2, 0.25) is 0 Å². The van der Waals surface area contributed by atoms with Crippen LogP contribution in [0.4, 0.5) is 5.69 Å². The second-order valence-corrected chi connectivity index (χ2v) is 7.60. The summed E-state index contributed by atoms with van der Waals surface area (Å²) in [6.45, 7) is 4.80. The van der Waals surface area contributed by atoms with Gasteiger partial charge >= 0.3 is 0 Å². The lowest BCUT2D eigenvalue weighted by atomic mass is 10.1. The van der Waals surface area contributed by atoms with Crippen LogP contribution in [0, 0.1) is 12.8 Å². The number of carbonyl (C=O) groups excluding carboxylic acids is 1. The summed E-state index contributed by atoms with van der Waals surface area (Å²) in [4.78, 5) is 20.7. The van der Waals surface area contributed by atoms with Gasteiger partial charge in [-0.2, -0.15) is 5.10 Å². The molecule has 132 valence electrons. The van der Waals surface area contributed by atoms with Gasteiger partial charge in [0, 0.05) is 23.4 Å². The maximum Gasteiger partial charge on any atom is 0.261 e. The van der Waals surface area contributed by atoms with Gasteiger partial charge < -0.3 is 4.90 Å². The van der Waals surface area contributed by atoms with Crippen molar-refractivity contribution in [2.45, 2.75) is 18.7 Å². The number of aromatic nitrogens is 3. The number of thioether (sulfide) groups is 1. The first kappa shape index (κ1) is 16.8. The Morgan fingerprint density at radius 3 is 2.81 bits per heavy atom. The second-order valence-electron chi connectivity index (χ2n) is 6.54. The SMILES string of the molecule is Cc1c(C(=O)N2C[C@@H](C)CSc3ccccc32)cnn1-c1ccccn1. The molecule has 0 spiro atoms. The van der Waals surface area contributed by atoms with Gasteiger partial charge in [0.1, 0.15) is 0 Å². The monoisotopic (exact) mass is 364 g/mol. The fraction of sp³-hybridized carbons (Fsp3) is 0.250. The molecule has 0 N–H and O–H groups in total. The molecule has 3 heterocycles. The summed E-state index contributed by atoms with van der Waals surface area (Å²) in [5, 5.41) is 4.40. The Labute approximate surface area is 157 Å². The number of nitrogens with zero attached hydrogens (tertiary/aromatic N) is 4. The third kappa shape index (κ3) is 3.01. The molecule has 0 fully saturated rings. The van der Waals surface area contributed by atoms with Crippen LogP contribution in [-0.4, -0.2) is 33.0 Å². The molecule has 0 saturated heterocycles. The minimum Gasteiger partial charge on any atom is -0.307 e. The molecule has 0 bridgehead atoms. The number of benzene rings is 1. The summed E-state index contributed by atoms with van der Waals surface area (Å²) in [5.41, 5.74) is 2.40. The molecule has 0 radical (unpaired) electrons. The summed E-state index contributed by atoms with van der Waals surface area (Å²) in [6.07, 6.45) is 3.37. The Morgan fingerprint density at radius 1 is 1.19 bits per heavy atom. The van der Waals surface area contributed by atoms with Crippen LogP contribution in [-0.2, 0) is 0 Å². The summed E-state index contributed by atoms with van der Waals surface area (Å²) < 4.78 is 1.72. The molecule has 1 aliphatic rings. The van der Waals surface area contributed by atoms with Crippen LogP contribution in [0.3, 0.4) is 0 Å². The van der Waals surface area contributed by atoms with Crippen LogP contribution in [0.2, 0.25) is 0 Å². The highest BCUT2D eigenvalue weighted by molar-refractivity contribution is 7.99. The van der Waals surface area contributed by atoms with E-state index in [2.05, 4.69) is 23.1 Å². The van der Waals surface area contributed by atoms with Gasteiger partial charge in [0.25, 0.3) is 5.91 Å². The minimum atomic E-state index is -0.00789. The zero-order valence-corrected chi connectivity index (χ0v) is 15.6. The van der Waals surface area contributed by atoms with Crippen molar-refractivity contribution < 1.29 is 4.79 Å². The van der Waals surface area contributed by atoms with E-state index in [1.165, 1.54) is 0 Å². The van der Waals surface area contributed by atoms with Crippen LogP contribution in [0.25, 0.3) is 5.82 Å². The smallest absolute Gasteiger partial charge is 0.261 e. The first-order valence-corrected chi connectivity index (χ1v) is 9.63. The van der Waals surface area contributed by atoms with Crippen molar-refractivity contribution in [2.24, 2.45) is 5.92 Å². The van der Waals surface area contributed by atoms with E-state index in [0.29, 0.717) is 23.8 Å². The molecule has 26 heavy (non-hydrogen) atoms. The van der Waals surface area contributed by atoms with E-state index in [4.69, 9.17) is 0 Å². The van der Waals surface area contributed by atoms with Crippen molar-refractivity contribution in [3.63, 3.8) is 0 Å². The average molecular weight is 364 g/mol. The molecule has 5 nitrogen and oxygen atoms in total. The molecule has 3 aromatic rings. The van der Waals surface area contributed by atoms with Gasteiger partial charge in [-0.25, -0.2) is 9.67 Å². The number of fused-ring (bicyclic) bond motifs is 1. The van der Waals surface area contributed by atoms with E-state index in [9.17, 15) is 4.79 Å². The Hall–Kier alpha value is -2.60. The maximum atomic E-state index is 13.4. The highest BCUT2D eigenvalue weighted by Crippen LogP contribution is 2.36. The average Bonchev–Trinajstić information content (AvgIpc) is 2.97. The van der Waals surface area contributed by atoms with E-state index in [1.54, 1.807) is 17.1 Å². The van der Waals surface area contributed by atoms with E-state index < -0.39 is 0 Å². The number of anilines is 1. The van der Waals surface area contributed by atoms with Crippen molar-refractivity contribution in [1.82, 2.24) is 14.8 Å². The quantitative estimate of drug-likeness (QED) is 0.690. The zero-order chi connectivity index (χ0) is 18.1. The van der Waals surface area contributed by atoms with Gasteiger partial charge in [0.15, 0.2) is 5.82 Å². The predicted molar refractivity (Wildman–Crippen MR) is 104 cm³/mol. The first-order valence-electron chi connectivity index (χ1n) is 8.65. The predicted octanol–water partition coefficient (Wildman–Crippen LogP) is 3.96. The molecule has 1 aliphatic heterocycles. The fourth-order valence-electron chi connectivity index (χ4n) is 3.16. The highest BCUT2D eigenvalue weighted by Gasteiger charge is 2.28. The van der Waals surface area contributed by atoms with E-state index >= 15 is 0 Å². The Balaban J connectivity index is 1.73. The molecule has 6 heteroatoms. The van der Waals surface area contributed by atoms with E-state index in [1.807, 2.05) is 60.0 Å². The molecule has 1 aromatic carbocycles. The largest absolute Gasteiger partial charge is 0.307 e. The van der Waals surface area contributed by atoms with Gasteiger partial charge in [0.05, 0.1) is 23.1 Å². The van der Waals surface area contributed by atoms with Crippen molar-refractivity contribution >= 4 is 23.4 Å². The highest BCUT2D eigenvalue weighted by atomic mass is 32.2. The molecular formula is C20H20N4OS. The topological polar surface area (TPSA) is 51.0 Å². The summed E-state index contributed by atoms with van der Waals surface area (Å²) in [6, 6.07) is 13.8. The van der Waals surface area contributed by atoms with Crippen molar-refractivity contribution in [3.8, 4) is 5.82 Å². The molecule has 2 aromatic heterocycles. The van der Waals surface area contributed by atoms with Gasteiger partial charge in [-0.1, -0.05) is 25.1 Å². The van der Waals surface area contributed by atoms with Crippen LogP contribution < -0.4 is 4.90 Å². The van der Waals surface area contributed by atoms with Gasteiger partial charge in [-0.3, -0.25) is 4.79 Å². The van der Waals surface area contributed by atoms with Crippen molar-refractivity contribution in [2.75, 3.05) is 17.2 Å². The van der Waals surface area contributed by atoms with E-state index in [0.717, 1.165) is 22.0 Å². The molecule has 1 atom stereocenters. The summed E-state index contributed by atoms with van der Waals surface area (Å²) >= 11 is 1.82. The van der Waals surface area contributed by atoms with Crippen LogP contribution in [0.15, 0.2) is 59.8 Å². The lowest BCUT2D eigenvalue weighted by molar-refractivity contribution is 0.0983. The normalized spacial score (nSPS) is 16.8. The number of para-hydroxylation sites is 1. The third-order valence-corrected chi connectivity index (χ3v) is 5.92. The first-order chi connectivity index (χ1) is 12.6. The molecule has 1 amide bonds. The van der Waals surface area contributed by atoms with Crippen molar-refractivity contribution in [1.29, 1.82) is 0 Å². The molecule has 0 aliphatic carbocycles. The molecule has 0 saturated carbocycles. The van der Waals surface area contributed by atoms with Gasteiger partial charge in [-0.15, -0.1) is 11.8 Å². The maximum absolute atomic E-state index is 13.4. The van der Waals surface area contributed by atoms with Gasteiger partial charge in [-0.05, 0) is 37.1 Å². The summed E-state index contributed by atoms with van der Waals surface area (Å²) in [5.74, 6) is 2.13. The van der Waals surface area contributed by atoms with Crippen molar-refractivity contribution in [3.05, 3.63) is 66.1 Å². The lowest BCUT2D eigenvalue weighted by Gasteiger charge is -2.24. The number of pyridine rings is 1. The minimum absolute atomic E-state index is 0.00789.